The first-order chi connectivity index (χ1) is 8.78. The standard InChI is InChI=1S/C15H16O2S/c1-2-17-14-7-3-12(4-8-14)11-18-15-9-5-13(16)6-10-15/h3-10,16H,2,11H2,1H3. The molecule has 0 saturated heterocycles. The Morgan fingerprint density at radius 2 is 1.67 bits per heavy atom. The van der Waals surface area contributed by atoms with Gasteiger partial charge >= 0.3 is 0 Å². The number of benzene rings is 2. The third kappa shape index (κ3) is 3.70. The van der Waals surface area contributed by atoms with Crippen molar-refractivity contribution in [1.82, 2.24) is 0 Å². The Bertz CT molecular complexity index is 477. The lowest BCUT2D eigenvalue weighted by Gasteiger charge is -2.05. The molecular formula is C15H16O2S. The normalized spacial score (nSPS) is 10.3. The zero-order valence-corrected chi connectivity index (χ0v) is 11.1. The van der Waals surface area contributed by atoms with Crippen LogP contribution in [0.4, 0.5) is 0 Å². The average Bonchev–Trinajstić information content (AvgIpc) is 2.40. The lowest BCUT2D eigenvalue weighted by Crippen LogP contribution is -1.91. The topological polar surface area (TPSA) is 29.5 Å². The van der Waals surface area contributed by atoms with Gasteiger partial charge in [-0.3, -0.25) is 0 Å². The van der Waals surface area contributed by atoms with Crippen LogP contribution in [0.5, 0.6) is 11.5 Å². The van der Waals surface area contributed by atoms with E-state index in [9.17, 15) is 5.11 Å². The predicted molar refractivity (Wildman–Crippen MR) is 75.3 cm³/mol. The van der Waals surface area contributed by atoms with E-state index in [0.29, 0.717) is 12.4 Å². The zero-order chi connectivity index (χ0) is 12.8. The first-order valence-electron chi connectivity index (χ1n) is 5.91. The van der Waals surface area contributed by atoms with Gasteiger partial charge in [0.05, 0.1) is 6.61 Å². The number of hydrogen-bond donors (Lipinski definition) is 1. The van der Waals surface area contributed by atoms with Crippen molar-refractivity contribution in [3.05, 3.63) is 54.1 Å². The molecule has 0 aliphatic rings. The third-order valence-corrected chi connectivity index (χ3v) is 3.56. The number of hydrogen-bond acceptors (Lipinski definition) is 3. The molecule has 0 fully saturated rings. The summed E-state index contributed by atoms with van der Waals surface area (Å²) in [5.74, 6) is 2.13. The highest BCUT2D eigenvalue weighted by atomic mass is 32.2. The first kappa shape index (κ1) is 12.8. The SMILES string of the molecule is CCOc1ccc(CSc2ccc(O)cc2)cc1. The molecule has 18 heavy (non-hydrogen) atoms. The van der Waals surface area contributed by atoms with Crippen LogP contribution >= 0.6 is 11.8 Å². The molecule has 0 unspecified atom stereocenters. The van der Waals surface area contributed by atoms with Crippen LogP contribution in [0.25, 0.3) is 0 Å². The summed E-state index contributed by atoms with van der Waals surface area (Å²) in [6.45, 7) is 2.68. The summed E-state index contributed by atoms with van der Waals surface area (Å²) in [6, 6.07) is 15.4. The van der Waals surface area contributed by atoms with Gasteiger partial charge in [-0.1, -0.05) is 12.1 Å². The summed E-state index contributed by atoms with van der Waals surface area (Å²) >= 11 is 1.75. The molecule has 1 N–H and O–H groups in total. The highest BCUT2D eigenvalue weighted by Crippen LogP contribution is 2.25. The quantitative estimate of drug-likeness (QED) is 0.821. The maximum absolute atomic E-state index is 9.20. The van der Waals surface area contributed by atoms with E-state index < -0.39 is 0 Å². The Labute approximate surface area is 112 Å². The number of rotatable bonds is 5. The average molecular weight is 260 g/mol. The molecule has 0 aliphatic heterocycles. The van der Waals surface area contributed by atoms with E-state index in [-0.39, 0.29) is 0 Å². The molecule has 2 nitrogen and oxygen atoms in total. The van der Waals surface area contributed by atoms with Crippen LogP contribution in [-0.4, -0.2) is 11.7 Å². The van der Waals surface area contributed by atoms with E-state index in [1.165, 1.54) is 5.56 Å². The maximum Gasteiger partial charge on any atom is 0.119 e. The van der Waals surface area contributed by atoms with E-state index in [0.717, 1.165) is 16.4 Å². The number of phenolic OH excluding ortho intramolecular Hbond substituents is 1. The largest absolute Gasteiger partial charge is 0.508 e. The van der Waals surface area contributed by atoms with Gasteiger partial charge in [0.1, 0.15) is 11.5 Å². The van der Waals surface area contributed by atoms with Gasteiger partial charge in [0.25, 0.3) is 0 Å². The molecule has 0 bridgehead atoms. The molecule has 2 aromatic carbocycles. The van der Waals surface area contributed by atoms with Crippen molar-refractivity contribution in [3.8, 4) is 11.5 Å². The van der Waals surface area contributed by atoms with E-state index in [4.69, 9.17) is 4.74 Å². The molecule has 0 spiro atoms. The van der Waals surface area contributed by atoms with Crippen LogP contribution < -0.4 is 4.74 Å². The van der Waals surface area contributed by atoms with Crippen molar-refractivity contribution in [1.29, 1.82) is 0 Å². The van der Waals surface area contributed by atoms with Crippen molar-refractivity contribution in [2.45, 2.75) is 17.6 Å². The molecule has 94 valence electrons. The fraction of sp³-hybridized carbons (Fsp3) is 0.200. The van der Waals surface area contributed by atoms with Crippen LogP contribution in [0.15, 0.2) is 53.4 Å². The molecule has 0 heterocycles. The Morgan fingerprint density at radius 1 is 1.00 bits per heavy atom. The fourth-order valence-corrected chi connectivity index (χ4v) is 2.41. The number of ether oxygens (including phenoxy) is 1. The number of aromatic hydroxyl groups is 1. The summed E-state index contributed by atoms with van der Waals surface area (Å²) in [6.07, 6.45) is 0. The van der Waals surface area contributed by atoms with Gasteiger partial charge in [-0.05, 0) is 48.9 Å². The van der Waals surface area contributed by atoms with Crippen molar-refractivity contribution in [2.75, 3.05) is 6.61 Å². The van der Waals surface area contributed by atoms with Crippen LogP contribution in [0, 0.1) is 0 Å². The van der Waals surface area contributed by atoms with E-state index >= 15 is 0 Å². The molecule has 2 aromatic rings. The van der Waals surface area contributed by atoms with E-state index in [1.807, 2.05) is 31.2 Å². The highest BCUT2D eigenvalue weighted by Gasteiger charge is 1.98. The predicted octanol–water partition coefficient (Wildman–Crippen LogP) is 4.08. The van der Waals surface area contributed by atoms with Gasteiger partial charge in [-0.2, -0.15) is 0 Å². The van der Waals surface area contributed by atoms with Gasteiger partial charge < -0.3 is 9.84 Å². The van der Waals surface area contributed by atoms with Crippen molar-refractivity contribution >= 4 is 11.8 Å². The second kappa shape index (κ2) is 6.36. The van der Waals surface area contributed by atoms with Crippen LogP contribution in [0.3, 0.4) is 0 Å². The summed E-state index contributed by atoms with van der Waals surface area (Å²) in [5.41, 5.74) is 1.26. The minimum atomic E-state index is 0.306. The Hall–Kier alpha value is -1.61. The monoisotopic (exact) mass is 260 g/mol. The summed E-state index contributed by atoms with van der Waals surface area (Å²) in [5, 5.41) is 9.20. The summed E-state index contributed by atoms with van der Waals surface area (Å²) in [4.78, 5) is 1.15. The third-order valence-electron chi connectivity index (χ3n) is 2.48. The van der Waals surface area contributed by atoms with Gasteiger partial charge in [-0.25, -0.2) is 0 Å². The minimum Gasteiger partial charge on any atom is -0.508 e. The first-order valence-corrected chi connectivity index (χ1v) is 6.90. The van der Waals surface area contributed by atoms with Gasteiger partial charge in [-0.15, -0.1) is 11.8 Å². The lowest BCUT2D eigenvalue weighted by atomic mass is 10.2. The molecule has 0 saturated carbocycles. The van der Waals surface area contributed by atoms with Crippen LogP contribution in [-0.2, 0) is 5.75 Å². The molecule has 2 rings (SSSR count). The number of thioether (sulfide) groups is 1. The van der Waals surface area contributed by atoms with Crippen molar-refractivity contribution < 1.29 is 9.84 Å². The van der Waals surface area contributed by atoms with Crippen LogP contribution in [0.2, 0.25) is 0 Å². The highest BCUT2D eigenvalue weighted by molar-refractivity contribution is 7.98. The molecule has 0 atom stereocenters. The van der Waals surface area contributed by atoms with E-state index in [1.54, 1.807) is 23.9 Å². The Kier molecular flexibility index (Phi) is 4.53. The second-order valence-corrected chi connectivity index (χ2v) is 4.91. The fourth-order valence-electron chi connectivity index (χ4n) is 1.56. The van der Waals surface area contributed by atoms with Gasteiger partial charge in [0.2, 0.25) is 0 Å². The second-order valence-electron chi connectivity index (χ2n) is 3.86. The Balaban J connectivity index is 1.91. The van der Waals surface area contributed by atoms with Crippen molar-refractivity contribution in [2.24, 2.45) is 0 Å². The maximum atomic E-state index is 9.20. The van der Waals surface area contributed by atoms with Crippen molar-refractivity contribution in [3.63, 3.8) is 0 Å². The molecular weight excluding hydrogens is 244 g/mol. The zero-order valence-electron chi connectivity index (χ0n) is 10.3. The molecule has 0 radical (unpaired) electrons. The minimum absolute atomic E-state index is 0.306. The van der Waals surface area contributed by atoms with E-state index in [2.05, 4.69) is 12.1 Å². The van der Waals surface area contributed by atoms with Gasteiger partial charge in [0.15, 0.2) is 0 Å². The summed E-state index contributed by atoms with van der Waals surface area (Å²) in [7, 11) is 0. The molecule has 0 aromatic heterocycles. The summed E-state index contributed by atoms with van der Waals surface area (Å²) < 4.78 is 5.40. The van der Waals surface area contributed by atoms with Crippen LogP contribution in [0.1, 0.15) is 12.5 Å². The number of phenols is 1. The molecule has 0 aliphatic carbocycles. The Morgan fingerprint density at radius 3 is 2.28 bits per heavy atom. The lowest BCUT2D eigenvalue weighted by molar-refractivity contribution is 0.340. The molecule has 0 amide bonds. The van der Waals surface area contributed by atoms with Gasteiger partial charge in [0, 0.05) is 10.6 Å². The smallest absolute Gasteiger partial charge is 0.119 e. The molecule has 3 heteroatoms.